The average Bonchev–Trinajstić information content (AvgIpc) is 3.03. The molecule has 3 rings (SSSR count). The van der Waals surface area contributed by atoms with E-state index < -0.39 is 4.92 Å². The summed E-state index contributed by atoms with van der Waals surface area (Å²) in [6, 6.07) is 13.5. The number of nitro groups is 1. The van der Waals surface area contributed by atoms with Crippen molar-refractivity contribution >= 4 is 46.0 Å². The molecule has 0 aliphatic carbocycles. The number of non-ortho nitro benzene ring substituents is 1. The molecule has 0 atom stereocenters. The van der Waals surface area contributed by atoms with E-state index in [0.717, 1.165) is 5.69 Å². The van der Waals surface area contributed by atoms with Gasteiger partial charge in [-0.15, -0.1) is 23.7 Å². The number of nitro benzene ring substituents is 1. The molecule has 0 spiro atoms. The zero-order valence-corrected chi connectivity index (χ0v) is 14.8. The van der Waals surface area contributed by atoms with Gasteiger partial charge in [0.2, 0.25) is 0 Å². The Morgan fingerprint density at radius 2 is 1.96 bits per heavy atom. The van der Waals surface area contributed by atoms with Crippen LogP contribution in [0.25, 0.3) is 11.3 Å². The molecule has 6 nitrogen and oxygen atoms in total. The van der Waals surface area contributed by atoms with Gasteiger partial charge in [-0.25, -0.2) is 4.98 Å². The highest BCUT2D eigenvalue weighted by Crippen LogP contribution is 2.29. The zero-order chi connectivity index (χ0) is 17.1. The van der Waals surface area contributed by atoms with E-state index in [2.05, 4.69) is 10.3 Å². The van der Waals surface area contributed by atoms with E-state index in [1.807, 2.05) is 11.4 Å². The van der Waals surface area contributed by atoms with E-state index in [1.54, 1.807) is 30.3 Å². The van der Waals surface area contributed by atoms with Crippen molar-refractivity contribution in [1.29, 1.82) is 0 Å². The van der Waals surface area contributed by atoms with Gasteiger partial charge >= 0.3 is 0 Å². The van der Waals surface area contributed by atoms with E-state index in [9.17, 15) is 14.9 Å². The summed E-state index contributed by atoms with van der Waals surface area (Å²) in [5, 5.41) is 16.5. The van der Waals surface area contributed by atoms with Gasteiger partial charge in [0.1, 0.15) is 0 Å². The van der Waals surface area contributed by atoms with Gasteiger partial charge in [0.25, 0.3) is 5.69 Å². The summed E-state index contributed by atoms with van der Waals surface area (Å²) in [6.07, 6.45) is 0. The topological polar surface area (TPSA) is 85.1 Å². The van der Waals surface area contributed by atoms with Crippen molar-refractivity contribution in [3.8, 4) is 11.3 Å². The molecule has 0 bridgehead atoms. The zero-order valence-electron chi connectivity index (χ0n) is 13.1. The van der Waals surface area contributed by atoms with Crippen LogP contribution in [0.4, 0.5) is 16.5 Å². The largest absolute Gasteiger partial charge is 0.332 e. The fourth-order valence-electron chi connectivity index (χ4n) is 2.18. The maximum absolute atomic E-state index is 11.4. The van der Waals surface area contributed by atoms with Gasteiger partial charge in [0.05, 0.1) is 10.6 Å². The number of halogens is 1. The standard InChI is InChI=1S/C17H13N3O3S.ClH/c1-11(21)12-4-2-6-14(8-12)18-17-19-16(10-24-17)13-5-3-7-15(9-13)20(22)23;/h2-10H,1H3,(H,18,19);1H. The molecule has 0 radical (unpaired) electrons. The maximum Gasteiger partial charge on any atom is 0.270 e. The van der Waals surface area contributed by atoms with Crippen molar-refractivity contribution in [1.82, 2.24) is 4.98 Å². The molecule has 0 saturated carbocycles. The van der Waals surface area contributed by atoms with Crippen molar-refractivity contribution in [3.05, 3.63) is 69.6 Å². The second-order valence-corrected chi connectivity index (χ2v) is 5.97. The molecule has 1 N–H and O–H groups in total. The number of thiazole rings is 1. The summed E-state index contributed by atoms with van der Waals surface area (Å²) in [5.41, 5.74) is 2.77. The predicted molar refractivity (Wildman–Crippen MR) is 101 cm³/mol. The summed E-state index contributed by atoms with van der Waals surface area (Å²) in [7, 11) is 0. The van der Waals surface area contributed by atoms with Crippen LogP contribution in [0.3, 0.4) is 0 Å². The monoisotopic (exact) mass is 375 g/mol. The van der Waals surface area contributed by atoms with Crippen molar-refractivity contribution in [3.63, 3.8) is 0 Å². The molecule has 8 heteroatoms. The fourth-order valence-corrected chi connectivity index (χ4v) is 2.92. The molecule has 0 unspecified atom stereocenters. The minimum absolute atomic E-state index is 0. The number of nitrogens with one attached hydrogen (secondary N) is 1. The fraction of sp³-hybridized carbons (Fsp3) is 0.0588. The summed E-state index contributed by atoms with van der Waals surface area (Å²) >= 11 is 1.39. The summed E-state index contributed by atoms with van der Waals surface area (Å²) in [4.78, 5) is 26.3. The predicted octanol–water partition coefficient (Wildman–Crippen LogP) is 5.09. The van der Waals surface area contributed by atoms with Gasteiger partial charge in [-0.05, 0) is 19.1 Å². The van der Waals surface area contributed by atoms with E-state index in [4.69, 9.17) is 0 Å². The number of Topliss-reactive ketones (excluding diaryl/α,β-unsaturated/α-hetero) is 1. The molecule has 25 heavy (non-hydrogen) atoms. The molecule has 0 fully saturated rings. The van der Waals surface area contributed by atoms with Gasteiger partial charge < -0.3 is 5.32 Å². The third kappa shape index (κ3) is 4.40. The average molecular weight is 376 g/mol. The molecule has 0 saturated heterocycles. The van der Waals surface area contributed by atoms with Gasteiger partial charge in [-0.2, -0.15) is 0 Å². The minimum Gasteiger partial charge on any atom is -0.332 e. The maximum atomic E-state index is 11.4. The van der Waals surface area contributed by atoms with Crippen LogP contribution in [-0.4, -0.2) is 15.7 Å². The number of anilines is 2. The first-order chi connectivity index (χ1) is 11.5. The Kier molecular flexibility index (Phi) is 5.84. The molecular formula is C17H14ClN3O3S. The normalized spacial score (nSPS) is 9.96. The summed E-state index contributed by atoms with van der Waals surface area (Å²) in [6.45, 7) is 1.52. The minimum atomic E-state index is -0.428. The van der Waals surface area contributed by atoms with Gasteiger partial charge in [-0.3, -0.25) is 14.9 Å². The highest BCUT2D eigenvalue weighted by Gasteiger charge is 2.10. The molecule has 1 aromatic heterocycles. The lowest BCUT2D eigenvalue weighted by atomic mass is 10.1. The number of ketones is 1. The lowest BCUT2D eigenvalue weighted by Crippen LogP contribution is -1.95. The quantitative estimate of drug-likeness (QED) is 0.381. The van der Waals surface area contributed by atoms with Crippen LogP contribution < -0.4 is 5.32 Å². The van der Waals surface area contributed by atoms with Crippen LogP contribution in [-0.2, 0) is 0 Å². The Bertz CT molecular complexity index is 927. The smallest absolute Gasteiger partial charge is 0.270 e. The van der Waals surface area contributed by atoms with Gasteiger partial charge in [0, 0.05) is 34.3 Å². The number of carbonyl (C=O) groups is 1. The Labute approximate surface area is 154 Å². The Morgan fingerprint density at radius 3 is 2.68 bits per heavy atom. The Hall–Kier alpha value is -2.77. The lowest BCUT2D eigenvalue weighted by Gasteiger charge is -2.04. The van der Waals surface area contributed by atoms with Crippen LogP contribution in [0.2, 0.25) is 0 Å². The molecule has 0 amide bonds. The second kappa shape index (κ2) is 7.87. The van der Waals surface area contributed by atoms with Crippen LogP contribution in [0.15, 0.2) is 53.9 Å². The third-order valence-corrected chi connectivity index (χ3v) is 4.14. The number of hydrogen-bond acceptors (Lipinski definition) is 6. The Balaban J connectivity index is 0.00000225. The molecular weight excluding hydrogens is 362 g/mol. The third-order valence-electron chi connectivity index (χ3n) is 3.38. The van der Waals surface area contributed by atoms with E-state index in [0.29, 0.717) is 22.0 Å². The number of aromatic nitrogens is 1. The molecule has 3 aromatic rings. The number of benzene rings is 2. The molecule has 2 aromatic carbocycles. The number of rotatable bonds is 5. The van der Waals surface area contributed by atoms with Crippen molar-refractivity contribution in [2.45, 2.75) is 6.92 Å². The van der Waals surface area contributed by atoms with Crippen LogP contribution in [0.5, 0.6) is 0 Å². The summed E-state index contributed by atoms with van der Waals surface area (Å²) < 4.78 is 0. The van der Waals surface area contributed by atoms with E-state index in [1.165, 1.54) is 30.4 Å². The number of nitrogens with zero attached hydrogens (tertiary/aromatic N) is 2. The van der Waals surface area contributed by atoms with E-state index >= 15 is 0 Å². The first-order valence-electron chi connectivity index (χ1n) is 7.11. The molecule has 0 aliphatic heterocycles. The van der Waals surface area contributed by atoms with Crippen LogP contribution in [0.1, 0.15) is 17.3 Å². The number of hydrogen-bond donors (Lipinski definition) is 1. The van der Waals surface area contributed by atoms with Crippen molar-refractivity contribution in [2.24, 2.45) is 0 Å². The van der Waals surface area contributed by atoms with Gasteiger partial charge in [-0.1, -0.05) is 24.3 Å². The van der Waals surface area contributed by atoms with Crippen LogP contribution in [0, 0.1) is 10.1 Å². The molecule has 1 heterocycles. The van der Waals surface area contributed by atoms with Crippen molar-refractivity contribution in [2.75, 3.05) is 5.32 Å². The highest BCUT2D eigenvalue weighted by molar-refractivity contribution is 7.14. The molecule has 0 aliphatic rings. The van der Waals surface area contributed by atoms with Crippen LogP contribution >= 0.6 is 23.7 Å². The first-order valence-corrected chi connectivity index (χ1v) is 7.99. The SMILES string of the molecule is CC(=O)c1cccc(Nc2nc(-c3cccc([N+](=O)[O-])c3)cs2)c1.Cl. The second-order valence-electron chi connectivity index (χ2n) is 5.11. The van der Waals surface area contributed by atoms with E-state index in [-0.39, 0.29) is 23.9 Å². The summed E-state index contributed by atoms with van der Waals surface area (Å²) in [5.74, 6) is -0.00456. The highest BCUT2D eigenvalue weighted by atomic mass is 35.5. The first kappa shape index (κ1) is 18.6. The van der Waals surface area contributed by atoms with Gasteiger partial charge in [0.15, 0.2) is 10.9 Å². The Morgan fingerprint density at radius 1 is 1.20 bits per heavy atom. The number of carbonyl (C=O) groups excluding carboxylic acids is 1. The molecule has 128 valence electrons. The van der Waals surface area contributed by atoms with Crippen molar-refractivity contribution < 1.29 is 9.72 Å². The lowest BCUT2D eigenvalue weighted by molar-refractivity contribution is -0.384.